The Morgan fingerprint density at radius 3 is 2.48 bits per heavy atom. The number of benzene rings is 1. The van der Waals surface area contributed by atoms with Crippen LogP contribution in [0.25, 0.3) is 0 Å². The Kier molecular flexibility index (Phi) is 9.04. The Morgan fingerprint density at radius 1 is 1.19 bits per heavy atom. The lowest BCUT2D eigenvalue weighted by Crippen LogP contribution is -2.24. The zero-order valence-electron chi connectivity index (χ0n) is 14.1. The standard InChI is InChI=1S/C19H32N2/c1-5-12-20-15-17(4)19-10-8-18(9-11-19)16-21(13-6-2)14-7-3/h6,8-11,17,20H,2,5,7,12-16H2,1,3-4H3. The zero-order valence-corrected chi connectivity index (χ0v) is 14.1. The second kappa shape index (κ2) is 10.6. The van der Waals surface area contributed by atoms with Crippen LogP contribution in [0, 0.1) is 0 Å². The van der Waals surface area contributed by atoms with Gasteiger partial charge in [0.15, 0.2) is 0 Å². The van der Waals surface area contributed by atoms with E-state index < -0.39 is 0 Å². The molecule has 1 rings (SSSR count). The SMILES string of the molecule is C=CCN(CCC)Cc1ccc(C(C)CNCCC)cc1. The van der Waals surface area contributed by atoms with Crippen LogP contribution < -0.4 is 5.32 Å². The van der Waals surface area contributed by atoms with Crippen molar-refractivity contribution in [2.75, 3.05) is 26.2 Å². The molecule has 0 aliphatic rings. The molecule has 0 aromatic heterocycles. The van der Waals surface area contributed by atoms with Crippen LogP contribution in [0.5, 0.6) is 0 Å². The highest BCUT2D eigenvalue weighted by Crippen LogP contribution is 2.16. The van der Waals surface area contributed by atoms with Crippen LogP contribution in [-0.2, 0) is 6.54 Å². The van der Waals surface area contributed by atoms with Gasteiger partial charge in [-0.1, -0.05) is 51.1 Å². The molecular formula is C19H32N2. The van der Waals surface area contributed by atoms with Crippen LogP contribution in [0.3, 0.4) is 0 Å². The summed E-state index contributed by atoms with van der Waals surface area (Å²) in [5.41, 5.74) is 2.82. The fourth-order valence-corrected chi connectivity index (χ4v) is 2.56. The summed E-state index contributed by atoms with van der Waals surface area (Å²) in [5, 5.41) is 3.49. The molecule has 0 aliphatic heterocycles. The third-order valence-electron chi connectivity index (χ3n) is 3.76. The van der Waals surface area contributed by atoms with Crippen molar-refractivity contribution in [1.82, 2.24) is 10.2 Å². The normalized spacial score (nSPS) is 12.6. The van der Waals surface area contributed by atoms with Crippen molar-refractivity contribution in [2.45, 2.75) is 46.1 Å². The van der Waals surface area contributed by atoms with Crippen molar-refractivity contribution >= 4 is 0 Å². The van der Waals surface area contributed by atoms with Crippen molar-refractivity contribution in [2.24, 2.45) is 0 Å². The van der Waals surface area contributed by atoms with E-state index in [-0.39, 0.29) is 0 Å². The Morgan fingerprint density at radius 2 is 1.90 bits per heavy atom. The summed E-state index contributed by atoms with van der Waals surface area (Å²) in [6, 6.07) is 9.12. The number of nitrogens with zero attached hydrogens (tertiary/aromatic N) is 1. The van der Waals surface area contributed by atoms with Gasteiger partial charge in [-0.05, 0) is 43.0 Å². The fraction of sp³-hybridized carbons (Fsp3) is 0.579. The average molecular weight is 288 g/mol. The first-order chi connectivity index (χ1) is 10.2. The van der Waals surface area contributed by atoms with Gasteiger partial charge in [0.05, 0.1) is 0 Å². The van der Waals surface area contributed by atoms with Gasteiger partial charge in [-0.3, -0.25) is 4.90 Å². The maximum atomic E-state index is 3.85. The van der Waals surface area contributed by atoms with Crippen LogP contribution >= 0.6 is 0 Å². The van der Waals surface area contributed by atoms with E-state index in [9.17, 15) is 0 Å². The van der Waals surface area contributed by atoms with E-state index in [1.165, 1.54) is 24.0 Å². The molecule has 0 heterocycles. The van der Waals surface area contributed by atoms with Crippen LogP contribution in [0.1, 0.15) is 50.7 Å². The van der Waals surface area contributed by atoms with Crippen LogP contribution in [-0.4, -0.2) is 31.1 Å². The first-order valence-electron chi connectivity index (χ1n) is 8.34. The molecule has 0 spiro atoms. The number of rotatable bonds is 11. The van der Waals surface area contributed by atoms with E-state index in [2.05, 4.69) is 61.8 Å². The quantitative estimate of drug-likeness (QED) is 0.485. The molecule has 0 saturated heterocycles. The summed E-state index contributed by atoms with van der Waals surface area (Å²) in [7, 11) is 0. The molecule has 0 aliphatic carbocycles. The first-order valence-corrected chi connectivity index (χ1v) is 8.34. The third kappa shape index (κ3) is 6.92. The summed E-state index contributed by atoms with van der Waals surface area (Å²) >= 11 is 0. The number of hydrogen-bond acceptors (Lipinski definition) is 2. The summed E-state index contributed by atoms with van der Waals surface area (Å²) in [5.74, 6) is 0.575. The predicted molar refractivity (Wildman–Crippen MR) is 93.8 cm³/mol. The molecule has 2 heteroatoms. The number of nitrogens with one attached hydrogen (secondary N) is 1. The molecule has 1 aromatic rings. The molecular weight excluding hydrogens is 256 g/mol. The highest BCUT2D eigenvalue weighted by Gasteiger charge is 2.06. The van der Waals surface area contributed by atoms with Gasteiger partial charge in [0.25, 0.3) is 0 Å². The lowest BCUT2D eigenvalue weighted by atomic mass is 9.99. The van der Waals surface area contributed by atoms with E-state index in [4.69, 9.17) is 0 Å². The van der Waals surface area contributed by atoms with Gasteiger partial charge in [0.1, 0.15) is 0 Å². The van der Waals surface area contributed by atoms with E-state index in [1.54, 1.807) is 0 Å². The smallest absolute Gasteiger partial charge is 0.0237 e. The minimum Gasteiger partial charge on any atom is -0.316 e. The minimum absolute atomic E-state index is 0.575. The molecule has 1 unspecified atom stereocenters. The Labute approximate surface area is 131 Å². The van der Waals surface area contributed by atoms with Crippen molar-refractivity contribution in [3.05, 3.63) is 48.0 Å². The van der Waals surface area contributed by atoms with Gasteiger partial charge >= 0.3 is 0 Å². The molecule has 1 atom stereocenters. The van der Waals surface area contributed by atoms with Gasteiger partial charge in [-0.25, -0.2) is 0 Å². The van der Waals surface area contributed by atoms with Crippen molar-refractivity contribution in [1.29, 1.82) is 0 Å². The lowest BCUT2D eigenvalue weighted by Gasteiger charge is -2.20. The Balaban J connectivity index is 2.53. The second-order valence-electron chi connectivity index (χ2n) is 5.87. The maximum Gasteiger partial charge on any atom is 0.0237 e. The molecule has 0 radical (unpaired) electrons. The van der Waals surface area contributed by atoms with Crippen molar-refractivity contribution in [3.63, 3.8) is 0 Å². The Hall–Kier alpha value is -1.12. The van der Waals surface area contributed by atoms with E-state index >= 15 is 0 Å². The molecule has 118 valence electrons. The second-order valence-corrected chi connectivity index (χ2v) is 5.87. The molecule has 0 bridgehead atoms. The van der Waals surface area contributed by atoms with Gasteiger partial charge in [-0.15, -0.1) is 6.58 Å². The van der Waals surface area contributed by atoms with Crippen LogP contribution in [0.4, 0.5) is 0 Å². The topological polar surface area (TPSA) is 15.3 Å². The summed E-state index contributed by atoms with van der Waals surface area (Å²) < 4.78 is 0. The van der Waals surface area contributed by atoms with Gasteiger partial charge in [-0.2, -0.15) is 0 Å². The Bertz CT molecular complexity index is 383. The monoisotopic (exact) mass is 288 g/mol. The number of hydrogen-bond donors (Lipinski definition) is 1. The molecule has 0 amide bonds. The van der Waals surface area contributed by atoms with Gasteiger partial charge < -0.3 is 5.32 Å². The lowest BCUT2D eigenvalue weighted by molar-refractivity contribution is 0.295. The first kappa shape index (κ1) is 17.9. The minimum atomic E-state index is 0.575. The van der Waals surface area contributed by atoms with Gasteiger partial charge in [0, 0.05) is 19.6 Å². The van der Waals surface area contributed by atoms with Crippen molar-refractivity contribution in [3.8, 4) is 0 Å². The highest BCUT2D eigenvalue weighted by atomic mass is 15.1. The summed E-state index contributed by atoms with van der Waals surface area (Å²) in [4.78, 5) is 2.44. The zero-order chi connectivity index (χ0) is 15.5. The van der Waals surface area contributed by atoms with E-state index in [0.717, 1.165) is 32.7 Å². The molecule has 21 heavy (non-hydrogen) atoms. The van der Waals surface area contributed by atoms with Crippen molar-refractivity contribution < 1.29 is 0 Å². The molecule has 2 nitrogen and oxygen atoms in total. The molecule has 0 saturated carbocycles. The largest absolute Gasteiger partial charge is 0.316 e. The predicted octanol–water partition coefficient (Wildman–Crippen LogP) is 4.19. The molecule has 1 N–H and O–H groups in total. The van der Waals surface area contributed by atoms with E-state index in [0.29, 0.717) is 5.92 Å². The fourth-order valence-electron chi connectivity index (χ4n) is 2.56. The third-order valence-corrected chi connectivity index (χ3v) is 3.76. The van der Waals surface area contributed by atoms with E-state index in [1.807, 2.05) is 6.08 Å². The molecule has 0 fully saturated rings. The summed E-state index contributed by atoms with van der Waals surface area (Å²) in [6.07, 6.45) is 4.37. The highest BCUT2D eigenvalue weighted by molar-refractivity contribution is 5.25. The summed E-state index contributed by atoms with van der Waals surface area (Å²) in [6.45, 7) is 15.9. The van der Waals surface area contributed by atoms with Gasteiger partial charge in [0.2, 0.25) is 0 Å². The maximum absolute atomic E-state index is 3.85. The van der Waals surface area contributed by atoms with Crippen LogP contribution in [0.2, 0.25) is 0 Å². The molecule has 1 aromatic carbocycles. The average Bonchev–Trinajstić information content (AvgIpc) is 2.48. The van der Waals surface area contributed by atoms with Crippen LogP contribution in [0.15, 0.2) is 36.9 Å².